The van der Waals surface area contributed by atoms with Crippen molar-refractivity contribution < 1.29 is 28.6 Å². The SMILES string of the molecule is COCCN1C(=O)C(=O)/C(=C(/O)c2cc(C)ccc2OC)C1c1ccc(C)o1. The van der Waals surface area contributed by atoms with Crippen LogP contribution in [0.4, 0.5) is 0 Å². The van der Waals surface area contributed by atoms with E-state index in [1.54, 1.807) is 31.2 Å². The molecule has 3 rings (SSSR count). The van der Waals surface area contributed by atoms with Crippen molar-refractivity contribution in [2.24, 2.45) is 0 Å². The number of furan rings is 1. The van der Waals surface area contributed by atoms with Crippen molar-refractivity contribution in [1.29, 1.82) is 0 Å². The summed E-state index contributed by atoms with van der Waals surface area (Å²) in [6.07, 6.45) is 0. The van der Waals surface area contributed by atoms with Crippen LogP contribution in [0.15, 0.2) is 40.3 Å². The van der Waals surface area contributed by atoms with Crippen LogP contribution in [0, 0.1) is 13.8 Å². The molecule has 7 nitrogen and oxygen atoms in total. The number of rotatable bonds is 6. The zero-order chi connectivity index (χ0) is 20.4. The summed E-state index contributed by atoms with van der Waals surface area (Å²) in [7, 11) is 2.99. The predicted octanol–water partition coefficient (Wildman–Crippen LogP) is 2.97. The third kappa shape index (κ3) is 3.41. The Kier molecular flexibility index (Phi) is 5.56. The van der Waals surface area contributed by atoms with Gasteiger partial charge in [-0.1, -0.05) is 11.6 Å². The average Bonchev–Trinajstić information content (AvgIpc) is 3.21. The molecule has 2 heterocycles. The molecule has 0 bridgehead atoms. The number of hydrogen-bond donors (Lipinski definition) is 1. The first kappa shape index (κ1) is 19.7. The smallest absolute Gasteiger partial charge is 0.295 e. The fourth-order valence-electron chi connectivity index (χ4n) is 3.35. The third-order valence-corrected chi connectivity index (χ3v) is 4.72. The Morgan fingerprint density at radius 1 is 1.18 bits per heavy atom. The highest BCUT2D eigenvalue weighted by Gasteiger charge is 2.47. The maximum Gasteiger partial charge on any atom is 0.295 e. The molecule has 1 aliphatic rings. The van der Waals surface area contributed by atoms with Crippen LogP contribution in [0.2, 0.25) is 0 Å². The number of carbonyl (C=O) groups excluding carboxylic acids is 2. The van der Waals surface area contributed by atoms with Gasteiger partial charge in [0.25, 0.3) is 11.7 Å². The minimum Gasteiger partial charge on any atom is -0.507 e. The van der Waals surface area contributed by atoms with Crippen molar-refractivity contribution in [3.63, 3.8) is 0 Å². The van der Waals surface area contributed by atoms with Crippen LogP contribution in [0.5, 0.6) is 5.75 Å². The van der Waals surface area contributed by atoms with E-state index in [2.05, 4.69) is 0 Å². The largest absolute Gasteiger partial charge is 0.507 e. The number of aliphatic hydroxyl groups excluding tert-OH is 1. The van der Waals surface area contributed by atoms with Crippen LogP contribution in [0.25, 0.3) is 5.76 Å². The summed E-state index contributed by atoms with van der Waals surface area (Å²) in [4.78, 5) is 26.9. The number of benzene rings is 1. The summed E-state index contributed by atoms with van der Waals surface area (Å²) in [6, 6.07) is 7.86. The van der Waals surface area contributed by atoms with Gasteiger partial charge in [-0.15, -0.1) is 0 Å². The molecule has 0 radical (unpaired) electrons. The highest BCUT2D eigenvalue weighted by Crippen LogP contribution is 2.41. The van der Waals surface area contributed by atoms with Crippen LogP contribution >= 0.6 is 0 Å². The molecule has 2 aromatic rings. The zero-order valence-corrected chi connectivity index (χ0v) is 16.3. The third-order valence-electron chi connectivity index (χ3n) is 4.72. The summed E-state index contributed by atoms with van der Waals surface area (Å²) in [6.45, 7) is 4.07. The number of Topliss-reactive ketones (excluding diaryl/α,β-unsaturated/α-hetero) is 1. The lowest BCUT2D eigenvalue weighted by molar-refractivity contribution is -0.140. The maximum atomic E-state index is 12.8. The fraction of sp³-hybridized carbons (Fsp3) is 0.333. The molecular weight excluding hydrogens is 362 g/mol. The van der Waals surface area contributed by atoms with Gasteiger partial charge in [0, 0.05) is 13.7 Å². The van der Waals surface area contributed by atoms with E-state index in [0.717, 1.165) is 5.56 Å². The van der Waals surface area contributed by atoms with E-state index in [4.69, 9.17) is 13.9 Å². The van der Waals surface area contributed by atoms with E-state index in [1.165, 1.54) is 19.1 Å². The maximum absolute atomic E-state index is 12.8. The summed E-state index contributed by atoms with van der Waals surface area (Å²) in [5.41, 5.74) is 1.20. The van der Waals surface area contributed by atoms with Gasteiger partial charge in [-0.05, 0) is 38.1 Å². The lowest BCUT2D eigenvalue weighted by Crippen LogP contribution is -2.32. The number of methoxy groups -OCH3 is 2. The highest BCUT2D eigenvalue weighted by atomic mass is 16.5. The van der Waals surface area contributed by atoms with Crippen LogP contribution in [0.1, 0.15) is 28.7 Å². The van der Waals surface area contributed by atoms with Crippen molar-refractivity contribution in [1.82, 2.24) is 4.90 Å². The van der Waals surface area contributed by atoms with Gasteiger partial charge in [0.05, 0.1) is 24.9 Å². The first-order valence-corrected chi connectivity index (χ1v) is 8.87. The van der Waals surface area contributed by atoms with E-state index in [0.29, 0.717) is 22.8 Å². The number of nitrogens with zero attached hydrogens (tertiary/aromatic N) is 1. The predicted molar refractivity (Wildman–Crippen MR) is 102 cm³/mol. The number of ketones is 1. The molecule has 28 heavy (non-hydrogen) atoms. The van der Waals surface area contributed by atoms with E-state index < -0.39 is 17.7 Å². The van der Waals surface area contributed by atoms with Crippen molar-refractivity contribution in [3.05, 3.63) is 58.6 Å². The highest BCUT2D eigenvalue weighted by molar-refractivity contribution is 6.46. The number of aliphatic hydroxyl groups is 1. The second-order valence-electron chi connectivity index (χ2n) is 6.64. The van der Waals surface area contributed by atoms with Gasteiger partial charge in [-0.25, -0.2) is 0 Å². The quantitative estimate of drug-likeness (QED) is 0.467. The Morgan fingerprint density at radius 2 is 1.93 bits per heavy atom. The molecule has 0 spiro atoms. The molecular formula is C21H23NO6. The summed E-state index contributed by atoms with van der Waals surface area (Å²) >= 11 is 0. The molecule has 1 amide bonds. The van der Waals surface area contributed by atoms with E-state index in [1.807, 2.05) is 13.0 Å². The first-order chi connectivity index (χ1) is 13.4. The molecule has 1 fully saturated rings. The number of hydrogen-bond acceptors (Lipinski definition) is 6. The molecule has 1 saturated heterocycles. The number of likely N-dealkylation sites (tertiary alicyclic amines) is 1. The van der Waals surface area contributed by atoms with Crippen molar-refractivity contribution in [3.8, 4) is 5.75 Å². The topological polar surface area (TPSA) is 89.2 Å². The summed E-state index contributed by atoms with van der Waals surface area (Å²) < 4.78 is 16.1. The van der Waals surface area contributed by atoms with Gasteiger partial charge in [0.2, 0.25) is 0 Å². The lowest BCUT2D eigenvalue weighted by atomic mass is 9.98. The molecule has 1 aromatic carbocycles. The number of aryl methyl sites for hydroxylation is 2. The van der Waals surface area contributed by atoms with Gasteiger partial charge < -0.3 is 23.9 Å². The number of ether oxygens (including phenoxy) is 2. The molecule has 1 atom stereocenters. The summed E-state index contributed by atoms with van der Waals surface area (Å²) in [5, 5.41) is 11.1. The number of carbonyl (C=O) groups is 2. The second kappa shape index (κ2) is 7.90. The fourth-order valence-corrected chi connectivity index (χ4v) is 3.35. The van der Waals surface area contributed by atoms with E-state index in [9.17, 15) is 14.7 Å². The molecule has 1 aliphatic heterocycles. The average molecular weight is 385 g/mol. The standard InChI is InChI=1S/C21H23NO6/c1-12-5-7-15(27-4)14(11-12)19(23)17-18(16-8-6-13(2)28-16)22(9-10-26-3)21(25)20(17)24/h5-8,11,18,23H,9-10H2,1-4H3/b19-17+. The summed E-state index contributed by atoms with van der Waals surface area (Å²) in [5.74, 6) is -0.319. The first-order valence-electron chi connectivity index (χ1n) is 8.87. The number of amides is 1. The monoisotopic (exact) mass is 385 g/mol. The Balaban J connectivity index is 2.21. The molecule has 0 aliphatic carbocycles. The minimum atomic E-state index is -0.839. The molecule has 1 unspecified atom stereocenters. The van der Waals surface area contributed by atoms with Gasteiger partial charge in [-0.2, -0.15) is 0 Å². The Bertz CT molecular complexity index is 942. The molecule has 148 valence electrons. The Hall–Kier alpha value is -3.06. The molecule has 1 aromatic heterocycles. The van der Waals surface area contributed by atoms with Gasteiger partial charge >= 0.3 is 0 Å². The van der Waals surface area contributed by atoms with Crippen LogP contribution < -0.4 is 4.74 Å². The van der Waals surface area contributed by atoms with Crippen molar-refractivity contribution in [2.45, 2.75) is 19.9 Å². The zero-order valence-electron chi connectivity index (χ0n) is 16.3. The van der Waals surface area contributed by atoms with E-state index >= 15 is 0 Å². The van der Waals surface area contributed by atoms with E-state index in [-0.39, 0.29) is 24.5 Å². The second-order valence-corrected chi connectivity index (χ2v) is 6.64. The normalized spacial score (nSPS) is 18.7. The van der Waals surface area contributed by atoms with Gasteiger partial charge in [0.15, 0.2) is 0 Å². The Morgan fingerprint density at radius 3 is 2.54 bits per heavy atom. The lowest BCUT2D eigenvalue weighted by Gasteiger charge is -2.23. The van der Waals surface area contributed by atoms with Crippen LogP contribution in [-0.2, 0) is 14.3 Å². The van der Waals surface area contributed by atoms with Gasteiger partial charge in [0.1, 0.15) is 29.1 Å². The molecule has 7 heteroatoms. The van der Waals surface area contributed by atoms with Crippen molar-refractivity contribution in [2.75, 3.05) is 27.4 Å². The van der Waals surface area contributed by atoms with Crippen molar-refractivity contribution >= 4 is 17.4 Å². The Labute approximate surface area is 163 Å². The molecule has 0 saturated carbocycles. The minimum absolute atomic E-state index is 0.0284. The van der Waals surface area contributed by atoms with Crippen LogP contribution in [0.3, 0.4) is 0 Å². The van der Waals surface area contributed by atoms with Gasteiger partial charge in [-0.3, -0.25) is 9.59 Å². The molecule has 1 N–H and O–H groups in total. The van der Waals surface area contributed by atoms with Crippen LogP contribution in [-0.4, -0.2) is 49.1 Å².